The molecule has 4 heteroatoms. The fraction of sp³-hybridized carbons (Fsp3) is 0.769. The minimum atomic E-state index is 0.693. The second-order valence-corrected chi connectivity index (χ2v) is 5.65. The first-order valence-electron chi connectivity index (χ1n) is 6.64. The van der Waals surface area contributed by atoms with Crippen molar-refractivity contribution in [2.24, 2.45) is 0 Å². The third kappa shape index (κ3) is 3.50. The van der Waals surface area contributed by atoms with Gasteiger partial charge in [0, 0.05) is 17.8 Å². The Kier molecular flexibility index (Phi) is 4.95. The molecule has 1 fully saturated rings. The average molecular weight is 253 g/mol. The number of likely N-dealkylation sites (N-methyl/N-ethyl adjacent to an activating group) is 1. The van der Waals surface area contributed by atoms with Gasteiger partial charge >= 0.3 is 0 Å². The molecule has 1 aromatic rings. The molecule has 2 heterocycles. The van der Waals surface area contributed by atoms with E-state index in [0.29, 0.717) is 5.92 Å². The van der Waals surface area contributed by atoms with Crippen LogP contribution in [0, 0.1) is 0 Å². The molecule has 0 aliphatic carbocycles. The van der Waals surface area contributed by atoms with Crippen LogP contribution in [-0.2, 0) is 6.42 Å². The van der Waals surface area contributed by atoms with Crippen molar-refractivity contribution in [2.75, 3.05) is 33.2 Å². The highest BCUT2D eigenvalue weighted by Gasteiger charge is 2.24. The summed E-state index contributed by atoms with van der Waals surface area (Å²) in [5, 5.41) is 6.79. The highest BCUT2D eigenvalue weighted by Crippen LogP contribution is 2.29. The van der Waals surface area contributed by atoms with Crippen LogP contribution in [0.25, 0.3) is 0 Å². The number of rotatable bonds is 6. The van der Waals surface area contributed by atoms with Crippen LogP contribution in [0.15, 0.2) is 5.38 Å². The van der Waals surface area contributed by atoms with Crippen molar-refractivity contribution in [3.8, 4) is 0 Å². The summed E-state index contributed by atoms with van der Waals surface area (Å²) in [7, 11) is 2.00. The summed E-state index contributed by atoms with van der Waals surface area (Å²) >= 11 is 1.86. The fourth-order valence-corrected chi connectivity index (χ4v) is 3.37. The van der Waals surface area contributed by atoms with Gasteiger partial charge in [-0.1, -0.05) is 6.92 Å². The maximum Gasteiger partial charge on any atom is 0.0972 e. The fourth-order valence-electron chi connectivity index (χ4n) is 2.39. The maximum atomic E-state index is 4.80. The van der Waals surface area contributed by atoms with E-state index in [1.165, 1.54) is 43.2 Å². The van der Waals surface area contributed by atoms with Crippen LogP contribution in [-0.4, -0.2) is 43.1 Å². The van der Waals surface area contributed by atoms with Gasteiger partial charge in [-0.15, -0.1) is 11.3 Å². The number of hydrogen-bond acceptors (Lipinski definition) is 4. The molecule has 1 aliphatic rings. The summed E-state index contributed by atoms with van der Waals surface area (Å²) in [6.45, 7) is 6.96. The van der Waals surface area contributed by atoms with Crippen LogP contribution in [0.4, 0.5) is 0 Å². The van der Waals surface area contributed by atoms with Crippen molar-refractivity contribution >= 4 is 11.3 Å². The Hall–Kier alpha value is -0.450. The molecule has 1 aliphatic heterocycles. The Morgan fingerprint density at radius 2 is 2.47 bits per heavy atom. The molecule has 0 spiro atoms. The first-order valence-corrected chi connectivity index (χ1v) is 7.52. The molecule has 1 aromatic heterocycles. The second-order valence-electron chi connectivity index (χ2n) is 4.76. The average Bonchev–Trinajstić information content (AvgIpc) is 2.97. The summed E-state index contributed by atoms with van der Waals surface area (Å²) in [6, 6.07) is 0. The molecule has 0 saturated carbocycles. The van der Waals surface area contributed by atoms with Gasteiger partial charge in [0.05, 0.1) is 10.7 Å². The zero-order valence-corrected chi connectivity index (χ0v) is 11.7. The van der Waals surface area contributed by atoms with Crippen molar-refractivity contribution < 1.29 is 0 Å². The Morgan fingerprint density at radius 1 is 1.59 bits per heavy atom. The Bertz CT molecular complexity index is 337. The first kappa shape index (κ1) is 13.0. The minimum absolute atomic E-state index is 0.693. The number of hydrogen-bond donors (Lipinski definition) is 1. The minimum Gasteiger partial charge on any atom is -0.320 e. The number of nitrogens with one attached hydrogen (secondary N) is 1. The number of likely N-dealkylation sites (tertiary alicyclic amines) is 1. The zero-order valence-electron chi connectivity index (χ0n) is 10.9. The van der Waals surface area contributed by atoms with E-state index in [9.17, 15) is 0 Å². The van der Waals surface area contributed by atoms with Gasteiger partial charge in [0.25, 0.3) is 0 Å². The zero-order chi connectivity index (χ0) is 12.1. The molecule has 1 atom stereocenters. The number of nitrogens with zero attached hydrogens (tertiary/aromatic N) is 2. The third-order valence-electron chi connectivity index (χ3n) is 3.50. The summed E-state index contributed by atoms with van der Waals surface area (Å²) in [5.74, 6) is 0.693. The van der Waals surface area contributed by atoms with Gasteiger partial charge in [-0.05, 0) is 45.9 Å². The van der Waals surface area contributed by atoms with Gasteiger partial charge in [0.15, 0.2) is 0 Å². The number of thiazole rings is 1. The molecule has 2 rings (SSSR count). The number of aromatic nitrogens is 1. The Labute approximate surface area is 108 Å². The lowest BCUT2D eigenvalue weighted by Crippen LogP contribution is -2.19. The van der Waals surface area contributed by atoms with E-state index in [1.807, 2.05) is 18.4 Å². The topological polar surface area (TPSA) is 28.2 Å². The molecule has 1 saturated heterocycles. The standard InChI is InChI=1S/C13H23N3S/c1-3-16-8-6-11(9-16)13-15-12(10-17-13)5-4-7-14-2/h10-11,14H,3-9H2,1-2H3. The van der Waals surface area contributed by atoms with Crippen molar-refractivity contribution in [1.29, 1.82) is 0 Å². The molecule has 0 amide bonds. The highest BCUT2D eigenvalue weighted by molar-refractivity contribution is 7.09. The molecule has 0 radical (unpaired) electrons. The molecule has 96 valence electrons. The normalized spacial score (nSPS) is 21.2. The van der Waals surface area contributed by atoms with E-state index in [0.717, 1.165) is 13.0 Å². The Balaban J connectivity index is 1.85. The lowest BCUT2D eigenvalue weighted by atomic mass is 10.1. The van der Waals surface area contributed by atoms with E-state index in [1.54, 1.807) is 0 Å². The monoisotopic (exact) mass is 253 g/mol. The maximum absolute atomic E-state index is 4.80. The van der Waals surface area contributed by atoms with Gasteiger partial charge in [-0.25, -0.2) is 4.98 Å². The predicted molar refractivity (Wildman–Crippen MR) is 73.8 cm³/mol. The van der Waals surface area contributed by atoms with E-state index in [4.69, 9.17) is 4.98 Å². The molecular weight excluding hydrogens is 230 g/mol. The molecule has 17 heavy (non-hydrogen) atoms. The summed E-state index contributed by atoms with van der Waals surface area (Å²) < 4.78 is 0. The molecule has 0 aromatic carbocycles. The molecular formula is C13H23N3S. The quantitative estimate of drug-likeness (QED) is 0.787. The van der Waals surface area contributed by atoms with Crippen LogP contribution in [0.1, 0.15) is 36.4 Å². The smallest absolute Gasteiger partial charge is 0.0972 e. The summed E-state index contributed by atoms with van der Waals surface area (Å²) in [6.07, 6.45) is 3.59. The van der Waals surface area contributed by atoms with Crippen molar-refractivity contribution in [3.63, 3.8) is 0 Å². The van der Waals surface area contributed by atoms with Gasteiger partial charge in [0.2, 0.25) is 0 Å². The third-order valence-corrected chi connectivity index (χ3v) is 4.55. The van der Waals surface area contributed by atoms with Crippen LogP contribution in [0.2, 0.25) is 0 Å². The summed E-state index contributed by atoms with van der Waals surface area (Å²) in [4.78, 5) is 7.32. The van der Waals surface area contributed by atoms with Gasteiger partial charge in [0.1, 0.15) is 0 Å². The van der Waals surface area contributed by atoms with Crippen LogP contribution >= 0.6 is 11.3 Å². The van der Waals surface area contributed by atoms with Crippen LogP contribution < -0.4 is 5.32 Å². The van der Waals surface area contributed by atoms with E-state index >= 15 is 0 Å². The lowest BCUT2D eigenvalue weighted by molar-refractivity contribution is 0.354. The molecule has 1 unspecified atom stereocenters. The van der Waals surface area contributed by atoms with Crippen molar-refractivity contribution in [3.05, 3.63) is 16.1 Å². The highest BCUT2D eigenvalue weighted by atomic mass is 32.1. The predicted octanol–water partition coefficient (Wildman–Crippen LogP) is 2.10. The van der Waals surface area contributed by atoms with Crippen LogP contribution in [0.3, 0.4) is 0 Å². The van der Waals surface area contributed by atoms with Crippen LogP contribution in [0.5, 0.6) is 0 Å². The van der Waals surface area contributed by atoms with E-state index in [2.05, 4.69) is 22.5 Å². The Morgan fingerprint density at radius 3 is 3.18 bits per heavy atom. The van der Waals surface area contributed by atoms with E-state index < -0.39 is 0 Å². The van der Waals surface area contributed by atoms with Gasteiger partial charge in [-0.2, -0.15) is 0 Å². The van der Waals surface area contributed by atoms with Crippen molar-refractivity contribution in [2.45, 2.75) is 32.1 Å². The largest absolute Gasteiger partial charge is 0.320 e. The van der Waals surface area contributed by atoms with Gasteiger partial charge in [-0.3, -0.25) is 0 Å². The van der Waals surface area contributed by atoms with Gasteiger partial charge < -0.3 is 10.2 Å². The molecule has 3 nitrogen and oxygen atoms in total. The molecule has 0 bridgehead atoms. The SMILES string of the molecule is CCN1CCC(c2nc(CCCNC)cs2)C1. The molecule has 1 N–H and O–H groups in total. The second kappa shape index (κ2) is 6.47. The van der Waals surface area contributed by atoms with Crippen molar-refractivity contribution in [1.82, 2.24) is 15.2 Å². The summed E-state index contributed by atoms with van der Waals surface area (Å²) in [5.41, 5.74) is 1.29. The van der Waals surface area contributed by atoms with E-state index in [-0.39, 0.29) is 0 Å². The number of aryl methyl sites for hydroxylation is 1. The lowest BCUT2D eigenvalue weighted by Gasteiger charge is -2.11. The first-order chi connectivity index (χ1) is 8.33.